The second-order valence-corrected chi connectivity index (χ2v) is 8.63. The molecule has 1 aliphatic rings. The van der Waals surface area contributed by atoms with Crippen LogP contribution in [0.15, 0.2) is 41.4 Å². The van der Waals surface area contributed by atoms with Crippen molar-refractivity contribution in [2.75, 3.05) is 22.7 Å². The van der Waals surface area contributed by atoms with Crippen LogP contribution in [0.25, 0.3) is 0 Å². The molecule has 1 aromatic heterocycles. The molecule has 3 rings (SSSR count). The highest BCUT2D eigenvalue weighted by Gasteiger charge is 2.18. The van der Waals surface area contributed by atoms with E-state index in [0.717, 1.165) is 30.0 Å². The second-order valence-electron chi connectivity index (χ2n) is 6.95. The Morgan fingerprint density at radius 1 is 1.16 bits per heavy atom. The van der Waals surface area contributed by atoms with E-state index in [1.165, 1.54) is 12.8 Å². The van der Waals surface area contributed by atoms with Crippen molar-refractivity contribution in [3.05, 3.63) is 47.7 Å². The van der Waals surface area contributed by atoms with Gasteiger partial charge in [0.05, 0.1) is 16.8 Å². The third-order valence-corrected chi connectivity index (χ3v) is 6.15. The largest absolute Gasteiger partial charge is 0.356 e. The number of rotatable bonds is 4. The van der Waals surface area contributed by atoms with Crippen LogP contribution >= 0.6 is 0 Å². The van der Waals surface area contributed by atoms with Gasteiger partial charge in [0.25, 0.3) is 10.0 Å². The Bertz CT molecular complexity index is 847. The number of piperidine rings is 1. The van der Waals surface area contributed by atoms with Gasteiger partial charge in [-0.2, -0.15) is 0 Å². The summed E-state index contributed by atoms with van der Waals surface area (Å²) in [4.78, 5) is 6.97. The molecule has 0 saturated carbocycles. The van der Waals surface area contributed by atoms with E-state index in [4.69, 9.17) is 0 Å². The molecular formula is C19H25N3O2S. The minimum atomic E-state index is -3.60. The number of sulfonamides is 1. The summed E-state index contributed by atoms with van der Waals surface area (Å²) in [5, 5.41) is 0. The van der Waals surface area contributed by atoms with E-state index in [0.29, 0.717) is 11.6 Å². The van der Waals surface area contributed by atoms with Crippen LogP contribution < -0.4 is 9.62 Å². The molecule has 2 aromatic rings. The average Bonchev–Trinajstić information content (AvgIpc) is 2.57. The van der Waals surface area contributed by atoms with E-state index in [1.807, 2.05) is 26.0 Å². The Hall–Kier alpha value is -2.08. The van der Waals surface area contributed by atoms with Gasteiger partial charge in [-0.1, -0.05) is 13.0 Å². The van der Waals surface area contributed by atoms with Crippen molar-refractivity contribution in [1.82, 2.24) is 4.98 Å². The molecule has 1 aromatic carbocycles. The van der Waals surface area contributed by atoms with Crippen molar-refractivity contribution >= 4 is 21.5 Å². The predicted molar refractivity (Wildman–Crippen MR) is 102 cm³/mol. The summed E-state index contributed by atoms with van der Waals surface area (Å²) in [5.41, 5.74) is 2.50. The van der Waals surface area contributed by atoms with E-state index in [9.17, 15) is 8.42 Å². The highest BCUT2D eigenvalue weighted by molar-refractivity contribution is 7.92. The Labute approximate surface area is 150 Å². The lowest BCUT2D eigenvalue weighted by Crippen LogP contribution is -2.34. The zero-order valence-electron chi connectivity index (χ0n) is 15.0. The molecule has 2 heterocycles. The number of aromatic nitrogens is 1. The van der Waals surface area contributed by atoms with Gasteiger partial charge in [-0.15, -0.1) is 0 Å². The fourth-order valence-electron chi connectivity index (χ4n) is 3.13. The van der Waals surface area contributed by atoms with Gasteiger partial charge in [-0.25, -0.2) is 13.4 Å². The van der Waals surface area contributed by atoms with Crippen molar-refractivity contribution in [3.8, 4) is 0 Å². The highest BCUT2D eigenvalue weighted by Crippen LogP contribution is 2.23. The monoisotopic (exact) mass is 359 g/mol. The molecule has 0 amide bonds. The quantitative estimate of drug-likeness (QED) is 0.903. The van der Waals surface area contributed by atoms with Crippen molar-refractivity contribution < 1.29 is 8.42 Å². The van der Waals surface area contributed by atoms with Crippen LogP contribution in [0.2, 0.25) is 0 Å². The maximum absolute atomic E-state index is 12.5. The number of hydrogen-bond acceptors (Lipinski definition) is 4. The van der Waals surface area contributed by atoms with Gasteiger partial charge in [0.2, 0.25) is 0 Å². The van der Waals surface area contributed by atoms with Gasteiger partial charge in [0, 0.05) is 13.1 Å². The molecular weight excluding hydrogens is 334 g/mol. The number of benzene rings is 1. The van der Waals surface area contributed by atoms with Crippen molar-refractivity contribution in [3.63, 3.8) is 0 Å². The second kappa shape index (κ2) is 7.04. The van der Waals surface area contributed by atoms with Gasteiger partial charge in [0.1, 0.15) is 5.82 Å². The van der Waals surface area contributed by atoms with E-state index < -0.39 is 10.0 Å². The smallest absolute Gasteiger partial charge is 0.261 e. The van der Waals surface area contributed by atoms with Gasteiger partial charge < -0.3 is 4.90 Å². The van der Waals surface area contributed by atoms with Crippen LogP contribution in [0.1, 0.15) is 30.9 Å². The summed E-state index contributed by atoms with van der Waals surface area (Å²) in [5.74, 6) is 1.57. The van der Waals surface area contributed by atoms with Crippen molar-refractivity contribution in [2.45, 2.75) is 38.5 Å². The first-order valence-corrected chi connectivity index (χ1v) is 10.1. The van der Waals surface area contributed by atoms with Crippen LogP contribution in [-0.4, -0.2) is 26.5 Å². The average molecular weight is 359 g/mol. The minimum absolute atomic E-state index is 0.268. The lowest BCUT2D eigenvalue weighted by molar-refractivity contribution is 0.444. The number of anilines is 2. The molecule has 5 nitrogen and oxygen atoms in total. The number of pyridine rings is 1. The molecule has 1 fully saturated rings. The summed E-state index contributed by atoms with van der Waals surface area (Å²) in [6.07, 6.45) is 4.02. The fourth-order valence-corrected chi connectivity index (χ4v) is 4.25. The zero-order valence-corrected chi connectivity index (χ0v) is 15.8. The zero-order chi connectivity index (χ0) is 18.0. The summed E-state index contributed by atoms with van der Waals surface area (Å²) >= 11 is 0. The van der Waals surface area contributed by atoms with E-state index >= 15 is 0 Å². The van der Waals surface area contributed by atoms with Crippen LogP contribution in [-0.2, 0) is 10.0 Å². The third kappa shape index (κ3) is 4.12. The molecule has 1 atom stereocenters. The molecule has 0 bridgehead atoms. The first-order valence-electron chi connectivity index (χ1n) is 8.66. The van der Waals surface area contributed by atoms with Crippen LogP contribution in [0, 0.1) is 19.8 Å². The standard InChI is InChI=1S/C19H25N3O2S/c1-14-5-4-10-22(13-14)19-9-7-17(12-20-19)21-25(23,24)18-8-6-15(2)16(3)11-18/h6-9,11-12,14,21H,4-5,10,13H2,1-3H3. The lowest BCUT2D eigenvalue weighted by atomic mass is 10.0. The van der Waals surface area contributed by atoms with Gasteiger partial charge in [-0.05, 0) is 68.0 Å². The molecule has 0 radical (unpaired) electrons. The SMILES string of the molecule is Cc1ccc(S(=O)(=O)Nc2ccc(N3CCCC(C)C3)nc2)cc1C. The molecule has 1 saturated heterocycles. The van der Waals surface area contributed by atoms with E-state index in [2.05, 4.69) is 21.5 Å². The fraction of sp³-hybridized carbons (Fsp3) is 0.421. The predicted octanol–water partition coefficient (Wildman–Crippen LogP) is 3.74. The Kier molecular flexibility index (Phi) is 4.99. The van der Waals surface area contributed by atoms with Crippen LogP contribution in [0.5, 0.6) is 0 Å². The topological polar surface area (TPSA) is 62.3 Å². The summed E-state index contributed by atoms with van der Waals surface area (Å²) in [6, 6.07) is 8.80. The number of hydrogen-bond donors (Lipinski definition) is 1. The molecule has 25 heavy (non-hydrogen) atoms. The molecule has 0 spiro atoms. The van der Waals surface area contributed by atoms with Crippen molar-refractivity contribution in [2.24, 2.45) is 5.92 Å². The normalized spacial score (nSPS) is 18.2. The molecule has 6 heteroatoms. The number of aryl methyl sites for hydroxylation is 2. The molecule has 134 valence electrons. The van der Waals surface area contributed by atoms with Crippen LogP contribution in [0.4, 0.5) is 11.5 Å². The molecule has 0 aliphatic carbocycles. The maximum atomic E-state index is 12.5. The minimum Gasteiger partial charge on any atom is -0.356 e. The lowest BCUT2D eigenvalue weighted by Gasteiger charge is -2.31. The maximum Gasteiger partial charge on any atom is 0.261 e. The highest BCUT2D eigenvalue weighted by atomic mass is 32.2. The molecule has 1 aliphatic heterocycles. The molecule has 1 N–H and O–H groups in total. The Balaban J connectivity index is 1.75. The summed E-state index contributed by atoms with van der Waals surface area (Å²) < 4.78 is 27.7. The third-order valence-electron chi connectivity index (χ3n) is 4.77. The number of nitrogens with zero attached hydrogens (tertiary/aromatic N) is 2. The van der Waals surface area contributed by atoms with Gasteiger partial charge in [-0.3, -0.25) is 4.72 Å². The first-order chi connectivity index (χ1) is 11.8. The van der Waals surface area contributed by atoms with E-state index in [1.54, 1.807) is 24.4 Å². The van der Waals surface area contributed by atoms with Crippen molar-refractivity contribution in [1.29, 1.82) is 0 Å². The Morgan fingerprint density at radius 3 is 2.60 bits per heavy atom. The van der Waals surface area contributed by atoms with Gasteiger partial charge >= 0.3 is 0 Å². The summed E-state index contributed by atoms with van der Waals surface area (Å²) in [6.45, 7) is 8.12. The van der Waals surface area contributed by atoms with Gasteiger partial charge in [0.15, 0.2) is 0 Å². The number of nitrogens with one attached hydrogen (secondary N) is 1. The summed E-state index contributed by atoms with van der Waals surface area (Å²) in [7, 11) is -3.60. The van der Waals surface area contributed by atoms with E-state index in [-0.39, 0.29) is 4.90 Å². The molecule has 1 unspecified atom stereocenters. The first kappa shape index (κ1) is 17.7. The Morgan fingerprint density at radius 2 is 1.96 bits per heavy atom. The van der Waals surface area contributed by atoms with Crippen LogP contribution in [0.3, 0.4) is 0 Å².